The zero-order valence-electron chi connectivity index (χ0n) is 8.08. The number of carbonyl (C=O) groups is 1. The van der Waals surface area contributed by atoms with E-state index >= 15 is 0 Å². The molecule has 0 unspecified atom stereocenters. The van der Waals surface area contributed by atoms with Gasteiger partial charge in [0.05, 0.1) is 12.1 Å². The van der Waals surface area contributed by atoms with Crippen LogP contribution < -0.4 is 0 Å². The maximum Gasteiger partial charge on any atom is 0.309 e. The summed E-state index contributed by atoms with van der Waals surface area (Å²) in [7, 11) is 0. The minimum atomic E-state index is -1.06. The highest BCUT2D eigenvalue weighted by Gasteiger charge is 2.12. The van der Waals surface area contributed by atoms with E-state index in [1.807, 2.05) is 0 Å². The molecule has 1 N–H and O–H groups in total. The number of nitrogens with zero attached hydrogens (tertiary/aromatic N) is 1. The molecule has 0 saturated carbocycles. The van der Waals surface area contributed by atoms with Gasteiger partial charge in [-0.25, -0.2) is 4.39 Å². The standard InChI is InChI=1S/C11H7ClFNO2/c12-7-1-2-8(13)11-6(7)3-4-14-9(11)5-10(15)16/h1-4H,5H2,(H,15,16). The Morgan fingerprint density at radius 3 is 2.88 bits per heavy atom. The smallest absolute Gasteiger partial charge is 0.309 e. The van der Waals surface area contributed by atoms with Crippen LogP contribution in [0.25, 0.3) is 10.8 Å². The molecule has 1 heterocycles. The molecular formula is C11H7ClFNO2. The lowest BCUT2D eigenvalue weighted by molar-refractivity contribution is -0.136. The van der Waals surface area contributed by atoms with Crippen molar-refractivity contribution in [2.45, 2.75) is 6.42 Å². The molecular weight excluding hydrogens is 233 g/mol. The summed E-state index contributed by atoms with van der Waals surface area (Å²) in [6, 6.07) is 4.20. The Balaban J connectivity index is 2.75. The maximum atomic E-state index is 13.6. The molecule has 0 amide bonds. The summed E-state index contributed by atoms with van der Waals surface area (Å²) < 4.78 is 13.6. The van der Waals surface area contributed by atoms with Crippen LogP contribution in [0.5, 0.6) is 0 Å². The van der Waals surface area contributed by atoms with E-state index in [1.54, 1.807) is 6.07 Å². The third-order valence-corrected chi connectivity index (χ3v) is 2.55. The van der Waals surface area contributed by atoms with Crippen molar-refractivity contribution in [3.05, 3.63) is 40.9 Å². The van der Waals surface area contributed by atoms with Crippen molar-refractivity contribution in [3.63, 3.8) is 0 Å². The first-order valence-electron chi connectivity index (χ1n) is 4.53. The van der Waals surface area contributed by atoms with Crippen molar-refractivity contribution >= 4 is 28.3 Å². The molecule has 0 aliphatic rings. The zero-order chi connectivity index (χ0) is 11.7. The first-order chi connectivity index (χ1) is 7.59. The molecule has 0 spiro atoms. The first kappa shape index (κ1) is 10.8. The van der Waals surface area contributed by atoms with E-state index < -0.39 is 11.8 Å². The van der Waals surface area contributed by atoms with Crippen molar-refractivity contribution in [1.82, 2.24) is 4.98 Å². The molecule has 0 radical (unpaired) electrons. The number of benzene rings is 1. The third kappa shape index (κ3) is 1.84. The van der Waals surface area contributed by atoms with Gasteiger partial charge in [0.2, 0.25) is 0 Å². The van der Waals surface area contributed by atoms with Gasteiger partial charge in [0.25, 0.3) is 0 Å². The van der Waals surface area contributed by atoms with Crippen LogP contribution in [0.15, 0.2) is 24.4 Å². The minimum Gasteiger partial charge on any atom is -0.481 e. The average Bonchev–Trinajstić information content (AvgIpc) is 2.23. The van der Waals surface area contributed by atoms with Gasteiger partial charge in [-0.1, -0.05) is 11.6 Å². The van der Waals surface area contributed by atoms with Crippen LogP contribution in [0.2, 0.25) is 5.02 Å². The van der Waals surface area contributed by atoms with Crippen molar-refractivity contribution in [3.8, 4) is 0 Å². The van der Waals surface area contributed by atoms with Gasteiger partial charge in [-0.3, -0.25) is 9.78 Å². The SMILES string of the molecule is O=C(O)Cc1nccc2c(Cl)ccc(F)c12. The van der Waals surface area contributed by atoms with Gasteiger partial charge in [-0.15, -0.1) is 0 Å². The predicted molar refractivity (Wildman–Crippen MR) is 58.1 cm³/mol. The van der Waals surface area contributed by atoms with Crippen molar-refractivity contribution < 1.29 is 14.3 Å². The number of pyridine rings is 1. The number of hydrogen-bond donors (Lipinski definition) is 1. The summed E-state index contributed by atoms with van der Waals surface area (Å²) in [6.07, 6.45) is 1.10. The second kappa shape index (κ2) is 4.06. The van der Waals surface area contributed by atoms with Crippen LogP contribution in [-0.2, 0) is 11.2 Å². The predicted octanol–water partition coefficient (Wildman–Crippen LogP) is 2.65. The largest absolute Gasteiger partial charge is 0.481 e. The van der Waals surface area contributed by atoms with Crippen LogP contribution in [0.1, 0.15) is 5.69 Å². The Morgan fingerprint density at radius 1 is 1.44 bits per heavy atom. The monoisotopic (exact) mass is 239 g/mol. The van der Waals surface area contributed by atoms with Gasteiger partial charge in [-0.05, 0) is 18.2 Å². The number of aliphatic carboxylic acids is 1. The molecule has 3 nitrogen and oxygen atoms in total. The van der Waals surface area contributed by atoms with Crippen molar-refractivity contribution in [2.75, 3.05) is 0 Å². The van der Waals surface area contributed by atoms with Crippen molar-refractivity contribution in [1.29, 1.82) is 0 Å². The van der Waals surface area contributed by atoms with E-state index in [9.17, 15) is 9.18 Å². The molecule has 2 aromatic rings. The molecule has 0 atom stereocenters. The average molecular weight is 240 g/mol. The Kier molecular flexibility index (Phi) is 2.75. The van der Waals surface area contributed by atoms with Gasteiger partial charge in [-0.2, -0.15) is 0 Å². The molecule has 2 rings (SSSR count). The fraction of sp³-hybridized carbons (Fsp3) is 0.0909. The normalized spacial score (nSPS) is 10.6. The molecule has 16 heavy (non-hydrogen) atoms. The zero-order valence-corrected chi connectivity index (χ0v) is 8.83. The highest BCUT2D eigenvalue weighted by molar-refractivity contribution is 6.35. The topological polar surface area (TPSA) is 50.2 Å². The molecule has 0 saturated heterocycles. The summed E-state index contributed by atoms with van der Waals surface area (Å²) in [6.45, 7) is 0. The van der Waals surface area contributed by atoms with Crippen LogP contribution in [-0.4, -0.2) is 16.1 Å². The van der Waals surface area contributed by atoms with E-state index in [-0.39, 0.29) is 17.5 Å². The number of carboxylic acids is 1. The quantitative estimate of drug-likeness (QED) is 0.877. The fourth-order valence-electron chi connectivity index (χ4n) is 1.57. The van der Waals surface area contributed by atoms with Crippen LogP contribution in [0.3, 0.4) is 0 Å². The lowest BCUT2D eigenvalue weighted by Crippen LogP contribution is -2.03. The number of fused-ring (bicyclic) bond motifs is 1. The summed E-state index contributed by atoms with van der Waals surface area (Å²) >= 11 is 5.90. The maximum absolute atomic E-state index is 13.6. The van der Waals surface area contributed by atoms with Crippen molar-refractivity contribution in [2.24, 2.45) is 0 Å². The minimum absolute atomic E-state index is 0.178. The summed E-state index contributed by atoms with van der Waals surface area (Å²) in [4.78, 5) is 14.5. The number of aromatic nitrogens is 1. The Hall–Kier alpha value is -1.68. The van der Waals surface area contributed by atoms with Crippen LogP contribution in [0.4, 0.5) is 4.39 Å². The van der Waals surface area contributed by atoms with Crippen LogP contribution >= 0.6 is 11.6 Å². The molecule has 0 bridgehead atoms. The molecule has 0 fully saturated rings. The summed E-state index contributed by atoms with van der Waals surface area (Å²) in [5, 5.41) is 9.73. The summed E-state index contributed by atoms with van der Waals surface area (Å²) in [5.74, 6) is -1.57. The van der Waals surface area contributed by atoms with Gasteiger partial charge in [0.1, 0.15) is 5.82 Å². The molecule has 5 heteroatoms. The Bertz CT molecular complexity index is 571. The second-order valence-electron chi connectivity index (χ2n) is 3.28. The third-order valence-electron chi connectivity index (χ3n) is 2.22. The van der Waals surface area contributed by atoms with Crippen LogP contribution in [0, 0.1) is 5.82 Å². The lowest BCUT2D eigenvalue weighted by atomic mass is 10.1. The molecule has 0 aliphatic carbocycles. The van der Waals surface area contributed by atoms with E-state index in [4.69, 9.17) is 16.7 Å². The molecule has 1 aromatic heterocycles. The van der Waals surface area contributed by atoms with E-state index in [0.717, 1.165) is 0 Å². The first-order valence-corrected chi connectivity index (χ1v) is 4.91. The van der Waals surface area contributed by atoms with Gasteiger partial charge >= 0.3 is 5.97 Å². The number of halogens is 2. The summed E-state index contributed by atoms with van der Waals surface area (Å²) in [5.41, 5.74) is 0.185. The highest BCUT2D eigenvalue weighted by Crippen LogP contribution is 2.27. The van der Waals surface area contributed by atoms with Gasteiger partial charge < -0.3 is 5.11 Å². The number of rotatable bonds is 2. The van der Waals surface area contributed by atoms with E-state index in [0.29, 0.717) is 10.4 Å². The number of carboxylic acid groups (broad SMARTS) is 1. The van der Waals surface area contributed by atoms with Gasteiger partial charge in [0.15, 0.2) is 0 Å². The fourth-order valence-corrected chi connectivity index (χ4v) is 1.79. The highest BCUT2D eigenvalue weighted by atomic mass is 35.5. The Labute approximate surface area is 95.5 Å². The van der Waals surface area contributed by atoms with Gasteiger partial charge in [0, 0.05) is 22.0 Å². The molecule has 0 aliphatic heterocycles. The number of hydrogen-bond acceptors (Lipinski definition) is 2. The molecule has 1 aromatic carbocycles. The molecule has 82 valence electrons. The van der Waals surface area contributed by atoms with E-state index in [1.165, 1.54) is 18.3 Å². The Morgan fingerprint density at radius 2 is 2.19 bits per heavy atom. The van der Waals surface area contributed by atoms with E-state index in [2.05, 4.69) is 4.98 Å². The lowest BCUT2D eigenvalue weighted by Gasteiger charge is -2.05. The second-order valence-corrected chi connectivity index (χ2v) is 3.69.